The Morgan fingerprint density at radius 1 is 1.21 bits per heavy atom. The Morgan fingerprint density at radius 2 is 1.96 bits per heavy atom. The smallest absolute Gasteiger partial charge is 0.262 e. The number of nitrogens with zero attached hydrogens (tertiary/aromatic N) is 1. The second kappa shape index (κ2) is 8.26. The van der Waals surface area contributed by atoms with Gasteiger partial charge in [0.1, 0.15) is 11.8 Å². The molecule has 0 bridgehead atoms. The van der Waals surface area contributed by atoms with Gasteiger partial charge in [-0.2, -0.15) is 5.10 Å². The zero-order valence-corrected chi connectivity index (χ0v) is 14.4. The summed E-state index contributed by atoms with van der Waals surface area (Å²) in [6.45, 7) is 1.56. The number of phenolic OH excluding ortho intramolecular Hbond substituents is 1. The van der Waals surface area contributed by atoms with Crippen molar-refractivity contribution >= 4 is 34.0 Å². The molecule has 1 atom stereocenters. The third kappa shape index (κ3) is 4.92. The quantitative estimate of drug-likeness (QED) is 0.541. The van der Waals surface area contributed by atoms with Crippen molar-refractivity contribution in [2.75, 3.05) is 0 Å². The van der Waals surface area contributed by atoms with Crippen molar-refractivity contribution in [2.45, 2.75) is 13.0 Å². The van der Waals surface area contributed by atoms with E-state index >= 15 is 0 Å². The van der Waals surface area contributed by atoms with Crippen LogP contribution in [0.5, 0.6) is 5.75 Å². The van der Waals surface area contributed by atoms with Crippen molar-refractivity contribution in [2.24, 2.45) is 5.10 Å². The van der Waals surface area contributed by atoms with Crippen LogP contribution in [0.15, 0.2) is 58.1 Å². The number of carbonyl (C=O) groups excluding carboxylic acids is 2. The number of carbonyl (C=O) groups is 2. The van der Waals surface area contributed by atoms with E-state index in [2.05, 4.69) is 31.8 Å². The first-order chi connectivity index (χ1) is 11.5. The Kier molecular flexibility index (Phi) is 6.08. The van der Waals surface area contributed by atoms with Crippen LogP contribution in [0.3, 0.4) is 0 Å². The first kappa shape index (κ1) is 17.7. The molecule has 7 heteroatoms. The minimum absolute atomic E-state index is 0.111. The Bertz CT molecular complexity index is 777. The van der Waals surface area contributed by atoms with Gasteiger partial charge in [0.2, 0.25) is 0 Å². The standard InChI is InChI=1S/C17H16BrN3O3/c1-11(20-17(24)14-7-2-3-8-15(14)18)16(23)21-19-10-12-5-4-6-13(22)9-12/h2-11,22H,1H3,(H,20,24)(H,21,23). The van der Waals surface area contributed by atoms with E-state index in [1.165, 1.54) is 18.3 Å². The lowest BCUT2D eigenvalue weighted by Gasteiger charge is -2.12. The molecule has 2 rings (SSSR count). The van der Waals surface area contributed by atoms with Gasteiger partial charge in [0.25, 0.3) is 11.8 Å². The van der Waals surface area contributed by atoms with Crippen LogP contribution in [0.2, 0.25) is 0 Å². The maximum atomic E-state index is 12.1. The average Bonchev–Trinajstić information content (AvgIpc) is 2.55. The van der Waals surface area contributed by atoms with Gasteiger partial charge in [-0.05, 0) is 52.7 Å². The fraction of sp³-hybridized carbons (Fsp3) is 0.118. The molecule has 0 saturated carbocycles. The lowest BCUT2D eigenvalue weighted by molar-refractivity contribution is -0.122. The molecule has 0 saturated heterocycles. The molecule has 124 valence electrons. The third-order valence-electron chi connectivity index (χ3n) is 3.12. The predicted molar refractivity (Wildman–Crippen MR) is 94.9 cm³/mol. The summed E-state index contributed by atoms with van der Waals surface area (Å²) in [5.74, 6) is -0.701. The van der Waals surface area contributed by atoms with E-state index in [0.29, 0.717) is 15.6 Å². The van der Waals surface area contributed by atoms with Crippen LogP contribution in [-0.4, -0.2) is 29.2 Å². The zero-order chi connectivity index (χ0) is 17.5. The van der Waals surface area contributed by atoms with Crippen LogP contribution in [0.25, 0.3) is 0 Å². The highest BCUT2D eigenvalue weighted by molar-refractivity contribution is 9.10. The number of nitrogens with one attached hydrogen (secondary N) is 2. The van der Waals surface area contributed by atoms with Crippen molar-refractivity contribution in [3.63, 3.8) is 0 Å². The number of amides is 2. The molecule has 24 heavy (non-hydrogen) atoms. The van der Waals surface area contributed by atoms with Crippen molar-refractivity contribution in [1.29, 1.82) is 0 Å². The molecule has 2 amide bonds. The van der Waals surface area contributed by atoms with E-state index in [9.17, 15) is 14.7 Å². The molecular weight excluding hydrogens is 374 g/mol. The number of halogens is 1. The number of aromatic hydroxyl groups is 1. The SMILES string of the molecule is CC(NC(=O)c1ccccc1Br)C(=O)NN=Cc1cccc(O)c1. The summed E-state index contributed by atoms with van der Waals surface area (Å²) in [5, 5.41) is 15.7. The van der Waals surface area contributed by atoms with Crippen molar-refractivity contribution < 1.29 is 14.7 Å². The zero-order valence-electron chi connectivity index (χ0n) is 12.9. The summed E-state index contributed by atoms with van der Waals surface area (Å²) in [4.78, 5) is 24.1. The Morgan fingerprint density at radius 3 is 2.67 bits per heavy atom. The van der Waals surface area contributed by atoms with E-state index in [0.717, 1.165) is 0 Å². The number of benzene rings is 2. The van der Waals surface area contributed by atoms with E-state index in [1.807, 2.05) is 0 Å². The van der Waals surface area contributed by atoms with Crippen molar-refractivity contribution in [1.82, 2.24) is 10.7 Å². The van der Waals surface area contributed by atoms with E-state index in [-0.39, 0.29) is 11.7 Å². The van der Waals surface area contributed by atoms with Crippen LogP contribution in [0.1, 0.15) is 22.8 Å². The molecule has 0 heterocycles. The van der Waals surface area contributed by atoms with Gasteiger partial charge in [-0.25, -0.2) is 5.43 Å². The summed E-state index contributed by atoms with van der Waals surface area (Å²) >= 11 is 3.29. The minimum atomic E-state index is -0.758. The molecule has 0 spiro atoms. The molecular formula is C17H16BrN3O3. The van der Waals surface area contributed by atoms with Crippen LogP contribution in [0, 0.1) is 0 Å². The molecule has 1 unspecified atom stereocenters. The van der Waals surface area contributed by atoms with Gasteiger partial charge >= 0.3 is 0 Å². The molecule has 3 N–H and O–H groups in total. The predicted octanol–water partition coefficient (Wildman–Crippen LogP) is 2.42. The first-order valence-corrected chi connectivity index (χ1v) is 7.94. The topological polar surface area (TPSA) is 90.8 Å². The van der Waals surface area contributed by atoms with Gasteiger partial charge in [0.05, 0.1) is 11.8 Å². The number of hydrogen-bond donors (Lipinski definition) is 3. The molecule has 0 aliphatic heterocycles. The highest BCUT2D eigenvalue weighted by Gasteiger charge is 2.17. The third-order valence-corrected chi connectivity index (χ3v) is 3.81. The lowest BCUT2D eigenvalue weighted by Crippen LogP contribution is -2.43. The van der Waals surface area contributed by atoms with Gasteiger partial charge in [-0.1, -0.05) is 24.3 Å². The van der Waals surface area contributed by atoms with Crippen LogP contribution in [0.4, 0.5) is 0 Å². The normalized spacial score (nSPS) is 11.9. The van der Waals surface area contributed by atoms with Gasteiger partial charge in [0.15, 0.2) is 0 Å². The van der Waals surface area contributed by atoms with Crippen LogP contribution in [-0.2, 0) is 4.79 Å². The van der Waals surface area contributed by atoms with E-state index in [1.54, 1.807) is 43.3 Å². The second-order valence-electron chi connectivity index (χ2n) is 5.00. The van der Waals surface area contributed by atoms with Crippen LogP contribution >= 0.6 is 15.9 Å². The van der Waals surface area contributed by atoms with Gasteiger partial charge in [0, 0.05) is 4.47 Å². The Labute approximate surface area is 147 Å². The first-order valence-electron chi connectivity index (χ1n) is 7.14. The van der Waals surface area contributed by atoms with Gasteiger partial charge in [-0.15, -0.1) is 0 Å². The fourth-order valence-corrected chi connectivity index (χ4v) is 2.32. The molecule has 2 aromatic rings. The molecule has 6 nitrogen and oxygen atoms in total. The number of phenols is 1. The Hall–Kier alpha value is -2.67. The van der Waals surface area contributed by atoms with Gasteiger partial charge in [-0.3, -0.25) is 9.59 Å². The summed E-state index contributed by atoms with van der Waals surface area (Å²) in [6, 6.07) is 12.6. The largest absolute Gasteiger partial charge is 0.508 e. The molecule has 0 aliphatic carbocycles. The fourth-order valence-electron chi connectivity index (χ4n) is 1.86. The van der Waals surface area contributed by atoms with E-state index in [4.69, 9.17) is 0 Å². The van der Waals surface area contributed by atoms with Gasteiger partial charge < -0.3 is 10.4 Å². The maximum Gasteiger partial charge on any atom is 0.262 e. The summed E-state index contributed by atoms with van der Waals surface area (Å²) in [7, 11) is 0. The Balaban J connectivity index is 1.90. The van der Waals surface area contributed by atoms with Crippen molar-refractivity contribution in [3.05, 3.63) is 64.1 Å². The minimum Gasteiger partial charge on any atom is -0.508 e. The number of hydrazone groups is 1. The second-order valence-corrected chi connectivity index (χ2v) is 5.86. The van der Waals surface area contributed by atoms with E-state index < -0.39 is 11.9 Å². The molecule has 0 radical (unpaired) electrons. The molecule has 0 fully saturated rings. The molecule has 0 aromatic heterocycles. The highest BCUT2D eigenvalue weighted by atomic mass is 79.9. The maximum absolute atomic E-state index is 12.1. The monoisotopic (exact) mass is 389 g/mol. The van der Waals surface area contributed by atoms with Crippen LogP contribution < -0.4 is 10.7 Å². The summed E-state index contributed by atoms with van der Waals surface area (Å²) < 4.78 is 0.650. The number of rotatable bonds is 5. The molecule has 0 aliphatic rings. The summed E-state index contributed by atoms with van der Waals surface area (Å²) in [6.07, 6.45) is 1.40. The summed E-state index contributed by atoms with van der Waals surface area (Å²) in [5.41, 5.74) is 3.43. The van der Waals surface area contributed by atoms with Crippen molar-refractivity contribution in [3.8, 4) is 5.75 Å². The highest BCUT2D eigenvalue weighted by Crippen LogP contribution is 2.15. The molecule has 2 aromatic carbocycles. The number of hydrogen-bond acceptors (Lipinski definition) is 4. The lowest BCUT2D eigenvalue weighted by atomic mass is 10.2. The average molecular weight is 390 g/mol.